The molecule has 0 aliphatic carbocycles. The summed E-state index contributed by atoms with van der Waals surface area (Å²) in [5.74, 6) is -0.205. The van der Waals surface area contributed by atoms with E-state index in [0.29, 0.717) is 10.6 Å². The topological polar surface area (TPSA) is 68.0 Å². The number of nitrogens with one attached hydrogen (secondary N) is 1. The van der Waals surface area contributed by atoms with E-state index in [2.05, 4.69) is 10.3 Å². The molecule has 4 nitrogen and oxygen atoms in total. The van der Waals surface area contributed by atoms with Gasteiger partial charge in [0.25, 0.3) is 5.91 Å². The minimum Gasteiger partial charge on any atom is -0.397 e. The van der Waals surface area contributed by atoms with Crippen LogP contribution in [0, 0.1) is 6.92 Å². The maximum atomic E-state index is 12.6. The zero-order chi connectivity index (χ0) is 17.4. The number of carbonyl (C=O) groups is 1. The number of nitrogens with two attached hydrogens (primary N) is 1. The van der Waals surface area contributed by atoms with Crippen molar-refractivity contribution in [1.82, 2.24) is 4.98 Å². The van der Waals surface area contributed by atoms with Crippen LogP contribution in [0.2, 0.25) is 0 Å². The van der Waals surface area contributed by atoms with Crippen LogP contribution in [0.5, 0.6) is 0 Å². The molecule has 1 aromatic carbocycles. The Balaban J connectivity index is 1.70. The van der Waals surface area contributed by atoms with Gasteiger partial charge >= 0.3 is 0 Å². The summed E-state index contributed by atoms with van der Waals surface area (Å²) >= 11 is 2.96. The van der Waals surface area contributed by atoms with Crippen LogP contribution in [0.25, 0.3) is 20.8 Å². The van der Waals surface area contributed by atoms with E-state index in [4.69, 9.17) is 5.73 Å². The van der Waals surface area contributed by atoms with Crippen molar-refractivity contribution in [3.05, 3.63) is 64.4 Å². The summed E-state index contributed by atoms with van der Waals surface area (Å²) in [7, 11) is 0. The zero-order valence-corrected chi connectivity index (χ0v) is 15.1. The van der Waals surface area contributed by atoms with Crippen LogP contribution >= 0.6 is 22.7 Å². The molecule has 0 saturated heterocycles. The van der Waals surface area contributed by atoms with Crippen molar-refractivity contribution in [1.29, 1.82) is 0 Å². The molecule has 0 spiro atoms. The molecule has 4 rings (SSSR count). The summed E-state index contributed by atoms with van der Waals surface area (Å²) in [5.41, 5.74) is 9.43. The van der Waals surface area contributed by atoms with Gasteiger partial charge in [-0.05, 0) is 48.2 Å². The zero-order valence-electron chi connectivity index (χ0n) is 13.4. The molecule has 0 fully saturated rings. The first kappa shape index (κ1) is 15.8. The molecule has 124 valence electrons. The van der Waals surface area contributed by atoms with E-state index in [9.17, 15) is 4.79 Å². The van der Waals surface area contributed by atoms with Crippen molar-refractivity contribution in [3.63, 3.8) is 0 Å². The third-order valence-electron chi connectivity index (χ3n) is 3.85. The average molecular weight is 365 g/mol. The second-order valence-electron chi connectivity index (χ2n) is 5.69. The minimum absolute atomic E-state index is 0.205. The van der Waals surface area contributed by atoms with E-state index < -0.39 is 0 Å². The number of fused-ring (bicyclic) bond motifs is 1. The van der Waals surface area contributed by atoms with E-state index in [1.165, 1.54) is 11.3 Å². The Kier molecular flexibility index (Phi) is 3.99. The lowest BCUT2D eigenvalue weighted by atomic mass is 10.2. The lowest BCUT2D eigenvalue weighted by Gasteiger charge is -2.05. The van der Waals surface area contributed by atoms with Gasteiger partial charge in [-0.1, -0.05) is 18.2 Å². The summed E-state index contributed by atoms with van der Waals surface area (Å²) in [6, 6.07) is 15.6. The lowest BCUT2D eigenvalue weighted by Crippen LogP contribution is -2.11. The predicted molar refractivity (Wildman–Crippen MR) is 106 cm³/mol. The Bertz CT molecular complexity index is 1070. The summed E-state index contributed by atoms with van der Waals surface area (Å²) in [4.78, 5) is 19.7. The van der Waals surface area contributed by atoms with E-state index in [0.717, 1.165) is 32.0 Å². The van der Waals surface area contributed by atoms with Gasteiger partial charge in [0, 0.05) is 11.1 Å². The highest BCUT2D eigenvalue weighted by molar-refractivity contribution is 7.21. The normalized spacial score (nSPS) is 10.9. The number of rotatable bonds is 3. The molecule has 1 amide bonds. The van der Waals surface area contributed by atoms with Gasteiger partial charge in [-0.15, -0.1) is 22.7 Å². The van der Waals surface area contributed by atoms with E-state index >= 15 is 0 Å². The van der Waals surface area contributed by atoms with Gasteiger partial charge in [0.05, 0.1) is 16.3 Å². The SMILES string of the molecule is Cc1cccc(NC(=O)c2sc3nc(-c4cccs4)ccc3c2N)c1. The van der Waals surface area contributed by atoms with Gasteiger partial charge in [-0.2, -0.15) is 0 Å². The van der Waals surface area contributed by atoms with Crippen LogP contribution in [-0.4, -0.2) is 10.9 Å². The van der Waals surface area contributed by atoms with Crippen molar-refractivity contribution in [2.75, 3.05) is 11.1 Å². The molecule has 3 N–H and O–H groups in total. The van der Waals surface area contributed by atoms with Crippen LogP contribution in [0.3, 0.4) is 0 Å². The van der Waals surface area contributed by atoms with Crippen LogP contribution in [0.1, 0.15) is 15.2 Å². The minimum atomic E-state index is -0.205. The molecule has 4 aromatic rings. The predicted octanol–water partition coefficient (Wildman–Crippen LogP) is 5.17. The fourth-order valence-corrected chi connectivity index (χ4v) is 4.32. The van der Waals surface area contributed by atoms with E-state index in [-0.39, 0.29) is 5.91 Å². The van der Waals surface area contributed by atoms with Gasteiger partial charge in [-0.25, -0.2) is 4.98 Å². The third kappa shape index (κ3) is 3.01. The molecule has 0 atom stereocenters. The van der Waals surface area contributed by atoms with Crippen LogP contribution in [-0.2, 0) is 0 Å². The first-order chi connectivity index (χ1) is 12.1. The highest BCUT2D eigenvalue weighted by Crippen LogP contribution is 2.35. The molecule has 3 aromatic heterocycles. The number of nitrogen functional groups attached to an aromatic ring is 1. The Hall–Kier alpha value is -2.70. The van der Waals surface area contributed by atoms with Gasteiger partial charge in [-0.3, -0.25) is 4.79 Å². The summed E-state index contributed by atoms with van der Waals surface area (Å²) < 4.78 is 0. The van der Waals surface area contributed by atoms with Crippen molar-refractivity contribution >= 4 is 50.2 Å². The van der Waals surface area contributed by atoms with Gasteiger partial charge in [0.15, 0.2) is 0 Å². The number of aryl methyl sites for hydroxylation is 1. The standard InChI is InChI=1S/C19H15N3OS2/c1-11-4-2-5-12(10-11)21-18(23)17-16(20)13-7-8-14(22-19(13)25-17)15-6-3-9-24-15/h2-10H,20H2,1H3,(H,21,23). The summed E-state index contributed by atoms with van der Waals surface area (Å²) in [5, 5.41) is 5.75. The fraction of sp³-hybridized carbons (Fsp3) is 0.0526. The smallest absolute Gasteiger partial charge is 0.267 e. The molecule has 0 aliphatic rings. The van der Waals surface area contributed by atoms with Crippen LogP contribution < -0.4 is 11.1 Å². The number of thiophene rings is 2. The molecule has 25 heavy (non-hydrogen) atoms. The monoisotopic (exact) mass is 365 g/mol. The summed E-state index contributed by atoms with van der Waals surface area (Å²) in [6.45, 7) is 1.99. The molecule has 3 heterocycles. The molecule has 0 aliphatic heterocycles. The van der Waals surface area contributed by atoms with Crippen molar-refractivity contribution < 1.29 is 4.79 Å². The lowest BCUT2D eigenvalue weighted by molar-refractivity contribution is 0.103. The first-order valence-corrected chi connectivity index (χ1v) is 9.42. The average Bonchev–Trinajstić information content (AvgIpc) is 3.23. The Labute approximate surface area is 153 Å². The van der Waals surface area contributed by atoms with Crippen molar-refractivity contribution in [2.45, 2.75) is 6.92 Å². The second kappa shape index (κ2) is 6.31. The first-order valence-electron chi connectivity index (χ1n) is 7.73. The molecular weight excluding hydrogens is 350 g/mol. The Morgan fingerprint density at radius 1 is 1.16 bits per heavy atom. The fourth-order valence-electron chi connectivity index (χ4n) is 2.64. The maximum Gasteiger partial charge on any atom is 0.267 e. The molecule has 0 bridgehead atoms. The maximum absolute atomic E-state index is 12.6. The second-order valence-corrected chi connectivity index (χ2v) is 7.64. The van der Waals surface area contributed by atoms with Gasteiger partial charge in [0.1, 0.15) is 9.71 Å². The van der Waals surface area contributed by atoms with Gasteiger partial charge < -0.3 is 11.1 Å². The van der Waals surface area contributed by atoms with Crippen LogP contribution in [0.15, 0.2) is 53.9 Å². The number of carbonyl (C=O) groups excluding carboxylic acids is 1. The molecular formula is C19H15N3OS2. The molecule has 0 radical (unpaired) electrons. The number of benzene rings is 1. The van der Waals surface area contributed by atoms with Crippen molar-refractivity contribution in [3.8, 4) is 10.6 Å². The van der Waals surface area contributed by atoms with Crippen LogP contribution in [0.4, 0.5) is 11.4 Å². The Morgan fingerprint density at radius 2 is 2.04 bits per heavy atom. The highest BCUT2D eigenvalue weighted by Gasteiger charge is 2.18. The van der Waals surface area contributed by atoms with Gasteiger partial charge in [0.2, 0.25) is 0 Å². The molecule has 0 unspecified atom stereocenters. The Morgan fingerprint density at radius 3 is 2.80 bits per heavy atom. The molecule has 0 saturated carbocycles. The number of amides is 1. The summed E-state index contributed by atoms with van der Waals surface area (Å²) in [6.07, 6.45) is 0. The van der Waals surface area contributed by atoms with E-state index in [1.54, 1.807) is 11.3 Å². The number of hydrogen-bond donors (Lipinski definition) is 2. The highest BCUT2D eigenvalue weighted by atomic mass is 32.1. The third-order valence-corrected chi connectivity index (χ3v) is 5.86. The number of anilines is 2. The quantitative estimate of drug-likeness (QED) is 0.526. The number of aromatic nitrogens is 1. The van der Waals surface area contributed by atoms with E-state index in [1.807, 2.05) is 60.8 Å². The molecule has 6 heteroatoms. The van der Waals surface area contributed by atoms with Crippen molar-refractivity contribution in [2.24, 2.45) is 0 Å². The largest absolute Gasteiger partial charge is 0.397 e. The number of nitrogens with zero attached hydrogens (tertiary/aromatic N) is 1. The number of pyridine rings is 1. The number of hydrogen-bond acceptors (Lipinski definition) is 5.